The highest BCUT2D eigenvalue weighted by Gasteiger charge is 2.29. The second-order valence-corrected chi connectivity index (χ2v) is 7.20. The molecule has 1 fully saturated rings. The summed E-state index contributed by atoms with van der Waals surface area (Å²) in [6.07, 6.45) is 3.67. The lowest BCUT2D eigenvalue weighted by atomic mass is 9.98. The zero-order valence-corrected chi connectivity index (χ0v) is 15.8. The molecule has 0 saturated carbocycles. The van der Waals surface area contributed by atoms with Crippen molar-refractivity contribution in [2.45, 2.75) is 19.9 Å². The minimum absolute atomic E-state index is 0.120. The number of hydrogen-bond acceptors (Lipinski definition) is 3. The third-order valence-corrected chi connectivity index (χ3v) is 5.63. The monoisotopic (exact) mass is 364 g/mol. The predicted octanol–water partition coefficient (Wildman–Crippen LogP) is 4.08. The first-order valence-electron chi connectivity index (χ1n) is 9.43. The molecule has 2 aromatic carbocycles. The van der Waals surface area contributed by atoms with E-state index >= 15 is 0 Å². The van der Waals surface area contributed by atoms with Crippen molar-refractivity contribution in [1.29, 1.82) is 0 Å². The van der Waals surface area contributed by atoms with Gasteiger partial charge in [0.05, 0.1) is 12.2 Å². The SMILES string of the molecule is Cc1cccc(N2CCN(C(c3cn[nH]c3)c3ccccc3F)CC2)c1C. The van der Waals surface area contributed by atoms with Crippen LogP contribution in [0.4, 0.5) is 10.1 Å². The molecule has 4 nitrogen and oxygen atoms in total. The first-order valence-corrected chi connectivity index (χ1v) is 9.43. The van der Waals surface area contributed by atoms with Crippen LogP contribution in [0.2, 0.25) is 0 Å². The lowest BCUT2D eigenvalue weighted by Crippen LogP contribution is -2.48. The molecule has 0 amide bonds. The number of benzene rings is 2. The summed E-state index contributed by atoms with van der Waals surface area (Å²) >= 11 is 0. The van der Waals surface area contributed by atoms with Gasteiger partial charge in [-0.15, -0.1) is 0 Å². The topological polar surface area (TPSA) is 35.2 Å². The van der Waals surface area contributed by atoms with E-state index in [9.17, 15) is 4.39 Å². The van der Waals surface area contributed by atoms with E-state index in [0.29, 0.717) is 5.56 Å². The summed E-state index contributed by atoms with van der Waals surface area (Å²) in [5.41, 5.74) is 5.67. The molecule has 1 N–H and O–H groups in total. The summed E-state index contributed by atoms with van der Waals surface area (Å²) in [6, 6.07) is 13.4. The van der Waals surface area contributed by atoms with E-state index in [-0.39, 0.29) is 11.9 Å². The van der Waals surface area contributed by atoms with Gasteiger partial charge in [-0.2, -0.15) is 5.10 Å². The van der Waals surface area contributed by atoms with E-state index in [1.165, 1.54) is 22.9 Å². The molecule has 1 aliphatic heterocycles. The lowest BCUT2D eigenvalue weighted by molar-refractivity contribution is 0.209. The zero-order chi connectivity index (χ0) is 18.8. The highest BCUT2D eigenvalue weighted by Crippen LogP contribution is 2.32. The molecule has 1 aromatic heterocycles. The Morgan fingerprint density at radius 2 is 1.78 bits per heavy atom. The maximum absolute atomic E-state index is 14.6. The number of aromatic amines is 1. The van der Waals surface area contributed by atoms with E-state index in [0.717, 1.165) is 31.7 Å². The van der Waals surface area contributed by atoms with Gasteiger partial charge in [-0.1, -0.05) is 30.3 Å². The van der Waals surface area contributed by atoms with Crippen molar-refractivity contribution in [3.63, 3.8) is 0 Å². The fourth-order valence-corrected chi connectivity index (χ4v) is 3.99. The summed E-state index contributed by atoms with van der Waals surface area (Å²) in [7, 11) is 0. The van der Waals surface area contributed by atoms with Gasteiger partial charge in [0.2, 0.25) is 0 Å². The molecule has 0 bridgehead atoms. The molecule has 1 aliphatic rings. The first kappa shape index (κ1) is 17.7. The first-order chi connectivity index (χ1) is 13.1. The number of nitrogens with zero attached hydrogens (tertiary/aromatic N) is 3. The number of rotatable bonds is 4. The zero-order valence-electron chi connectivity index (χ0n) is 15.8. The lowest BCUT2D eigenvalue weighted by Gasteiger charge is -2.40. The van der Waals surface area contributed by atoms with Crippen LogP contribution in [-0.2, 0) is 0 Å². The molecule has 1 unspecified atom stereocenters. The van der Waals surface area contributed by atoms with E-state index < -0.39 is 0 Å². The molecule has 3 aromatic rings. The molecular formula is C22H25FN4. The Morgan fingerprint density at radius 1 is 1.00 bits per heavy atom. The summed E-state index contributed by atoms with van der Waals surface area (Å²) in [5.74, 6) is -0.166. The Bertz CT molecular complexity index is 898. The van der Waals surface area contributed by atoms with E-state index in [1.807, 2.05) is 18.3 Å². The van der Waals surface area contributed by atoms with Crippen molar-refractivity contribution in [3.8, 4) is 0 Å². The van der Waals surface area contributed by atoms with Crippen molar-refractivity contribution < 1.29 is 4.39 Å². The fourth-order valence-electron chi connectivity index (χ4n) is 3.99. The molecule has 140 valence electrons. The molecule has 1 saturated heterocycles. The fraction of sp³-hybridized carbons (Fsp3) is 0.318. The van der Waals surface area contributed by atoms with Gasteiger partial charge in [-0.05, 0) is 37.1 Å². The van der Waals surface area contributed by atoms with Crippen molar-refractivity contribution in [2.75, 3.05) is 31.1 Å². The molecule has 0 spiro atoms. The number of halogens is 1. The maximum atomic E-state index is 14.6. The van der Waals surface area contributed by atoms with E-state index in [4.69, 9.17) is 0 Å². The normalized spacial score (nSPS) is 16.5. The molecule has 27 heavy (non-hydrogen) atoms. The van der Waals surface area contributed by atoms with Crippen molar-refractivity contribution in [3.05, 3.63) is 82.9 Å². The number of hydrogen-bond donors (Lipinski definition) is 1. The van der Waals surface area contributed by atoms with Crippen LogP contribution in [0.15, 0.2) is 54.9 Å². The summed E-state index contributed by atoms with van der Waals surface area (Å²) in [6.45, 7) is 7.93. The quantitative estimate of drug-likeness (QED) is 0.758. The second-order valence-electron chi connectivity index (χ2n) is 7.20. The highest BCUT2D eigenvalue weighted by atomic mass is 19.1. The average Bonchev–Trinajstić information content (AvgIpc) is 3.21. The minimum atomic E-state index is -0.166. The van der Waals surface area contributed by atoms with Gasteiger partial charge >= 0.3 is 0 Å². The van der Waals surface area contributed by atoms with Gasteiger partial charge in [0.25, 0.3) is 0 Å². The Morgan fingerprint density at radius 3 is 2.48 bits per heavy atom. The van der Waals surface area contributed by atoms with Crippen LogP contribution < -0.4 is 4.90 Å². The van der Waals surface area contributed by atoms with Crippen LogP contribution in [0.1, 0.15) is 28.3 Å². The van der Waals surface area contributed by atoms with Crippen LogP contribution in [0.5, 0.6) is 0 Å². The third kappa shape index (κ3) is 3.47. The summed E-state index contributed by atoms with van der Waals surface area (Å²) in [5, 5.41) is 6.97. The van der Waals surface area contributed by atoms with E-state index in [1.54, 1.807) is 12.3 Å². The summed E-state index contributed by atoms with van der Waals surface area (Å²) in [4.78, 5) is 4.79. The van der Waals surface area contributed by atoms with Crippen LogP contribution >= 0.6 is 0 Å². The smallest absolute Gasteiger partial charge is 0.128 e. The molecular weight excluding hydrogens is 339 g/mol. The third-order valence-electron chi connectivity index (χ3n) is 5.63. The van der Waals surface area contributed by atoms with Gasteiger partial charge in [-0.3, -0.25) is 10.00 Å². The molecule has 2 heterocycles. The second kappa shape index (κ2) is 7.53. The Balaban J connectivity index is 1.58. The number of aromatic nitrogens is 2. The Labute approximate surface area is 159 Å². The minimum Gasteiger partial charge on any atom is -0.369 e. The maximum Gasteiger partial charge on any atom is 0.128 e. The molecule has 1 atom stereocenters. The van der Waals surface area contributed by atoms with Gasteiger partial charge < -0.3 is 4.90 Å². The van der Waals surface area contributed by atoms with Crippen molar-refractivity contribution >= 4 is 5.69 Å². The molecule has 0 aliphatic carbocycles. The van der Waals surface area contributed by atoms with Gasteiger partial charge in [0, 0.05) is 49.2 Å². The summed E-state index contributed by atoms with van der Waals surface area (Å²) < 4.78 is 14.6. The number of aryl methyl sites for hydroxylation is 1. The Kier molecular flexibility index (Phi) is 4.94. The predicted molar refractivity (Wildman–Crippen MR) is 107 cm³/mol. The molecule has 4 rings (SSSR count). The van der Waals surface area contributed by atoms with Crippen LogP contribution in [0.25, 0.3) is 0 Å². The van der Waals surface area contributed by atoms with Crippen LogP contribution in [-0.4, -0.2) is 41.3 Å². The molecule has 5 heteroatoms. The average molecular weight is 364 g/mol. The van der Waals surface area contributed by atoms with Crippen molar-refractivity contribution in [1.82, 2.24) is 15.1 Å². The van der Waals surface area contributed by atoms with Gasteiger partial charge in [0.1, 0.15) is 5.82 Å². The standard InChI is InChI=1S/C22H25FN4/c1-16-6-5-9-21(17(16)2)26-10-12-27(13-11-26)22(18-14-24-25-15-18)19-7-3-4-8-20(19)23/h3-9,14-15,22H,10-13H2,1-2H3,(H,24,25). The number of piperazine rings is 1. The molecule has 0 radical (unpaired) electrons. The number of H-pyrrole nitrogens is 1. The van der Waals surface area contributed by atoms with E-state index in [2.05, 4.69) is 52.0 Å². The Hall–Kier alpha value is -2.66. The van der Waals surface area contributed by atoms with Crippen LogP contribution in [0.3, 0.4) is 0 Å². The highest BCUT2D eigenvalue weighted by molar-refractivity contribution is 5.56. The van der Waals surface area contributed by atoms with Crippen LogP contribution in [0, 0.1) is 19.7 Å². The largest absolute Gasteiger partial charge is 0.369 e. The van der Waals surface area contributed by atoms with Gasteiger partial charge in [-0.25, -0.2) is 4.39 Å². The number of anilines is 1. The van der Waals surface area contributed by atoms with Gasteiger partial charge in [0.15, 0.2) is 0 Å². The van der Waals surface area contributed by atoms with Crippen molar-refractivity contribution in [2.24, 2.45) is 0 Å². The number of nitrogens with one attached hydrogen (secondary N) is 1.